The Balaban J connectivity index is 1.97. The summed E-state index contributed by atoms with van der Waals surface area (Å²) in [5.41, 5.74) is 2.31. The van der Waals surface area contributed by atoms with Crippen LogP contribution in [0.2, 0.25) is 0 Å². The third-order valence-electron chi connectivity index (χ3n) is 4.45. The largest absolute Gasteiger partial charge is 0.478 e. The van der Waals surface area contributed by atoms with Gasteiger partial charge in [-0.1, -0.05) is 6.07 Å². The third-order valence-corrected chi connectivity index (χ3v) is 4.45. The Bertz CT molecular complexity index is 672. The topological polar surface area (TPSA) is 65.7 Å². The maximum absolute atomic E-state index is 11.5. The molecule has 2 aromatic rings. The molecule has 5 nitrogen and oxygen atoms in total. The number of rotatable bonds is 6. The summed E-state index contributed by atoms with van der Waals surface area (Å²) in [7, 11) is 0. The van der Waals surface area contributed by atoms with E-state index in [1.807, 2.05) is 16.8 Å². The van der Waals surface area contributed by atoms with Crippen molar-refractivity contribution in [1.29, 1.82) is 0 Å². The molecule has 2 heterocycles. The van der Waals surface area contributed by atoms with Crippen molar-refractivity contribution in [1.82, 2.24) is 9.47 Å². The van der Waals surface area contributed by atoms with Crippen LogP contribution >= 0.6 is 0 Å². The summed E-state index contributed by atoms with van der Waals surface area (Å²) in [5, 5.41) is 19.5. The molecule has 2 N–H and O–H groups in total. The number of carboxylic acids is 1. The predicted octanol–water partition coefficient (Wildman–Crippen LogP) is 1.97. The first-order valence-corrected chi connectivity index (χ1v) is 7.88. The second kappa shape index (κ2) is 6.50. The van der Waals surface area contributed by atoms with Crippen molar-refractivity contribution in [2.45, 2.75) is 25.8 Å². The summed E-state index contributed by atoms with van der Waals surface area (Å²) in [6.45, 7) is 3.78. The average molecular weight is 302 g/mol. The molecule has 0 amide bonds. The fourth-order valence-electron chi connectivity index (χ4n) is 3.38. The molecule has 0 unspecified atom stereocenters. The van der Waals surface area contributed by atoms with Crippen LogP contribution in [-0.4, -0.2) is 51.9 Å². The number of nitrogens with zero attached hydrogens (tertiary/aromatic N) is 2. The summed E-state index contributed by atoms with van der Waals surface area (Å²) >= 11 is 0. The van der Waals surface area contributed by atoms with Gasteiger partial charge in [-0.15, -0.1) is 0 Å². The molecule has 5 heteroatoms. The van der Waals surface area contributed by atoms with Gasteiger partial charge in [-0.2, -0.15) is 0 Å². The number of fused-ring (bicyclic) bond motifs is 1. The molecule has 0 bridgehead atoms. The van der Waals surface area contributed by atoms with E-state index in [0.29, 0.717) is 12.1 Å². The second-order valence-electron chi connectivity index (χ2n) is 5.87. The van der Waals surface area contributed by atoms with Gasteiger partial charge in [-0.05, 0) is 50.0 Å². The van der Waals surface area contributed by atoms with Crippen LogP contribution in [0.4, 0.5) is 0 Å². The number of benzene rings is 1. The first-order chi connectivity index (χ1) is 10.7. The number of hydrogen-bond donors (Lipinski definition) is 2. The zero-order valence-corrected chi connectivity index (χ0v) is 12.7. The first-order valence-electron chi connectivity index (χ1n) is 7.88. The lowest BCUT2D eigenvalue weighted by molar-refractivity contribution is 0.0699. The molecule has 1 fully saturated rings. The van der Waals surface area contributed by atoms with Crippen molar-refractivity contribution in [2.24, 2.45) is 0 Å². The minimum absolute atomic E-state index is 0.0483. The van der Waals surface area contributed by atoms with Gasteiger partial charge in [0.1, 0.15) is 0 Å². The number of aliphatic hydroxyl groups is 1. The predicted molar refractivity (Wildman–Crippen MR) is 85.4 cm³/mol. The Labute approximate surface area is 129 Å². The molecule has 0 spiro atoms. The molecule has 118 valence electrons. The Morgan fingerprint density at radius 1 is 1.18 bits per heavy atom. The van der Waals surface area contributed by atoms with Gasteiger partial charge < -0.3 is 19.7 Å². The molecule has 22 heavy (non-hydrogen) atoms. The third kappa shape index (κ3) is 2.87. The molecule has 0 aliphatic carbocycles. The summed E-state index contributed by atoms with van der Waals surface area (Å²) in [5.74, 6) is -0.894. The van der Waals surface area contributed by atoms with Gasteiger partial charge in [0, 0.05) is 30.2 Å². The van der Waals surface area contributed by atoms with Crippen molar-refractivity contribution in [3.63, 3.8) is 0 Å². The number of aliphatic hydroxyl groups excluding tert-OH is 1. The Morgan fingerprint density at radius 2 is 1.95 bits per heavy atom. The first kappa shape index (κ1) is 15.1. The lowest BCUT2D eigenvalue weighted by Crippen LogP contribution is -2.21. The summed E-state index contributed by atoms with van der Waals surface area (Å²) in [6.07, 6.45) is 5.36. The molecular weight excluding hydrogens is 280 g/mol. The smallest absolute Gasteiger partial charge is 0.336 e. The van der Waals surface area contributed by atoms with Crippen LogP contribution in [0.25, 0.3) is 10.9 Å². The monoisotopic (exact) mass is 302 g/mol. The van der Waals surface area contributed by atoms with Crippen LogP contribution in [-0.2, 0) is 13.0 Å². The van der Waals surface area contributed by atoms with Crippen molar-refractivity contribution >= 4 is 16.9 Å². The fourth-order valence-corrected chi connectivity index (χ4v) is 3.38. The summed E-state index contributed by atoms with van der Waals surface area (Å²) < 4.78 is 1.96. The van der Waals surface area contributed by atoms with E-state index in [2.05, 4.69) is 4.90 Å². The number of carboxylic acid groups (broad SMARTS) is 1. The minimum atomic E-state index is -0.894. The Morgan fingerprint density at radius 3 is 2.64 bits per heavy atom. The molecule has 1 aromatic carbocycles. The maximum Gasteiger partial charge on any atom is 0.336 e. The lowest BCUT2D eigenvalue weighted by Gasteiger charge is -2.13. The van der Waals surface area contributed by atoms with E-state index >= 15 is 0 Å². The Hall–Kier alpha value is -1.85. The number of carbonyl (C=O) groups is 1. The van der Waals surface area contributed by atoms with E-state index < -0.39 is 5.97 Å². The van der Waals surface area contributed by atoms with E-state index in [1.165, 1.54) is 12.8 Å². The van der Waals surface area contributed by atoms with Crippen LogP contribution in [0.3, 0.4) is 0 Å². The highest BCUT2D eigenvalue weighted by molar-refractivity contribution is 6.04. The highest BCUT2D eigenvalue weighted by Gasteiger charge is 2.18. The molecule has 1 saturated heterocycles. The second-order valence-corrected chi connectivity index (χ2v) is 5.87. The van der Waals surface area contributed by atoms with E-state index in [1.54, 1.807) is 12.1 Å². The lowest BCUT2D eigenvalue weighted by atomic mass is 10.0. The van der Waals surface area contributed by atoms with Gasteiger partial charge >= 0.3 is 5.97 Å². The zero-order valence-electron chi connectivity index (χ0n) is 12.7. The van der Waals surface area contributed by atoms with Crippen LogP contribution in [0.5, 0.6) is 0 Å². The molecule has 0 atom stereocenters. The van der Waals surface area contributed by atoms with Crippen LogP contribution in [0, 0.1) is 0 Å². The molecule has 0 radical (unpaired) electrons. The van der Waals surface area contributed by atoms with E-state index in [9.17, 15) is 15.0 Å². The van der Waals surface area contributed by atoms with Gasteiger partial charge in [0.2, 0.25) is 0 Å². The Kier molecular flexibility index (Phi) is 4.45. The fraction of sp³-hybridized carbons (Fsp3) is 0.471. The van der Waals surface area contributed by atoms with Gasteiger partial charge in [-0.3, -0.25) is 0 Å². The van der Waals surface area contributed by atoms with E-state index in [4.69, 9.17) is 0 Å². The van der Waals surface area contributed by atoms with Gasteiger partial charge in [0.05, 0.1) is 12.2 Å². The van der Waals surface area contributed by atoms with Crippen LogP contribution in [0.1, 0.15) is 28.8 Å². The highest BCUT2D eigenvalue weighted by atomic mass is 16.4. The molecule has 3 rings (SSSR count). The van der Waals surface area contributed by atoms with Crippen LogP contribution in [0.15, 0.2) is 24.4 Å². The quantitative estimate of drug-likeness (QED) is 0.856. The van der Waals surface area contributed by atoms with Gasteiger partial charge in [-0.25, -0.2) is 4.79 Å². The number of aromatic nitrogens is 1. The molecular formula is C17H22N2O3. The van der Waals surface area contributed by atoms with Gasteiger partial charge in [0.15, 0.2) is 0 Å². The number of aromatic carboxylic acids is 1. The van der Waals surface area contributed by atoms with Gasteiger partial charge in [0.25, 0.3) is 0 Å². The standard InChI is InChI=1S/C17H22N2O3/c20-11-10-19-12-13(6-9-18-7-1-2-8-18)16-14(17(21)22)4-3-5-15(16)19/h3-5,12,20H,1-2,6-11H2,(H,21,22). The normalized spacial score (nSPS) is 15.7. The van der Waals surface area contributed by atoms with Crippen LogP contribution < -0.4 is 0 Å². The number of hydrogen-bond acceptors (Lipinski definition) is 3. The van der Waals surface area contributed by atoms with Crippen molar-refractivity contribution in [2.75, 3.05) is 26.2 Å². The van der Waals surface area contributed by atoms with E-state index in [-0.39, 0.29) is 6.61 Å². The van der Waals surface area contributed by atoms with Crippen molar-refractivity contribution in [3.8, 4) is 0 Å². The summed E-state index contributed by atoms with van der Waals surface area (Å²) in [6, 6.07) is 5.36. The zero-order chi connectivity index (χ0) is 15.5. The number of likely N-dealkylation sites (tertiary alicyclic amines) is 1. The molecule has 0 saturated carbocycles. The minimum Gasteiger partial charge on any atom is -0.478 e. The van der Waals surface area contributed by atoms with Crippen molar-refractivity contribution in [3.05, 3.63) is 35.5 Å². The molecule has 1 aromatic heterocycles. The highest BCUT2D eigenvalue weighted by Crippen LogP contribution is 2.26. The maximum atomic E-state index is 11.5. The molecule has 1 aliphatic heterocycles. The molecule has 1 aliphatic rings. The average Bonchev–Trinajstić information content (AvgIpc) is 3.13. The SMILES string of the molecule is O=C(O)c1cccc2c1c(CCN1CCCC1)cn2CCO. The van der Waals surface area contributed by atoms with E-state index in [0.717, 1.165) is 42.5 Å². The summed E-state index contributed by atoms with van der Waals surface area (Å²) in [4.78, 5) is 14.0. The van der Waals surface area contributed by atoms with Crippen molar-refractivity contribution < 1.29 is 15.0 Å².